The number of unbranched alkanes of at least 4 members (excludes halogenated alkanes) is 3. The van der Waals surface area contributed by atoms with Crippen LogP contribution in [0.15, 0.2) is 0 Å². The van der Waals surface area contributed by atoms with Gasteiger partial charge in [0.25, 0.3) is 0 Å². The van der Waals surface area contributed by atoms with Crippen LogP contribution < -0.4 is 0 Å². The van der Waals surface area contributed by atoms with Gasteiger partial charge in [-0.25, -0.2) is 4.79 Å². The van der Waals surface area contributed by atoms with E-state index in [1.807, 2.05) is 6.92 Å². The first-order valence-electron chi connectivity index (χ1n) is 7.36. The lowest BCUT2D eigenvalue weighted by atomic mass is 9.78. The van der Waals surface area contributed by atoms with Crippen molar-refractivity contribution in [1.29, 1.82) is 0 Å². The molecular formula is C14H22N2O6. The molecule has 0 aromatic carbocycles. The molecule has 0 unspecified atom stereocenters. The van der Waals surface area contributed by atoms with Crippen LogP contribution in [0.3, 0.4) is 0 Å². The van der Waals surface area contributed by atoms with Gasteiger partial charge in [-0.05, 0) is 6.42 Å². The highest BCUT2D eigenvalue weighted by Crippen LogP contribution is 2.36. The van der Waals surface area contributed by atoms with Crippen LogP contribution in [0.4, 0.5) is 0 Å². The minimum atomic E-state index is -2.18. The van der Waals surface area contributed by atoms with Gasteiger partial charge in [0.2, 0.25) is 11.8 Å². The van der Waals surface area contributed by atoms with Crippen molar-refractivity contribution in [2.45, 2.75) is 51.0 Å². The van der Waals surface area contributed by atoms with Gasteiger partial charge in [-0.15, -0.1) is 0 Å². The lowest BCUT2D eigenvalue weighted by molar-refractivity contribution is -0.563. The van der Waals surface area contributed by atoms with Gasteiger partial charge in [-0.2, -0.15) is 0 Å². The Balaban J connectivity index is 3.14. The van der Waals surface area contributed by atoms with Crippen molar-refractivity contribution in [3.63, 3.8) is 0 Å². The summed E-state index contributed by atoms with van der Waals surface area (Å²) in [5.41, 5.74) is -2.18. The quantitative estimate of drug-likeness (QED) is 0.219. The van der Waals surface area contributed by atoms with Crippen molar-refractivity contribution >= 4 is 17.8 Å². The minimum absolute atomic E-state index is 0.107. The highest BCUT2D eigenvalue weighted by molar-refractivity contribution is 6.06. The van der Waals surface area contributed by atoms with E-state index >= 15 is 0 Å². The van der Waals surface area contributed by atoms with Gasteiger partial charge in [0.05, 0.1) is 7.11 Å². The topological polar surface area (TPSA) is 107 Å². The number of nitro groups is 1. The van der Waals surface area contributed by atoms with E-state index in [9.17, 15) is 24.5 Å². The Labute approximate surface area is 128 Å². The summed E-state index contributed by atoms with van der Waals surface area (Å²) in [6.45, 7) is 2.00. The summed E-state index contributed by atoms with van der Waals surface area (Å²) >= 11 is 0. The number of esters is 1. The molecule has 0 aromatic heterocycles. The molecule has 0 bridgehead atoms. The number of rotatable bonds is 8. The normalized spacial score (nSPS) is 20.9. The molecule has 124 valence electrons. The molecule has 2 amide bonds. The van der Waals surface area contributed by atoms with Crippen molar-refractivity contribution in [2.24, 2.45) is 5.92 Å². The molecule has 1 saturated heterocycles. The summed E-state index contributed by atoms with van der Waals surface area (Å²) in [5.74, 6) is -3.56. The summed E-state index contributed by atoms with van der Waals surface area (Å²) in [5, 5.41) is 11.7. The average Bonchev–Trinajstić information content (AvgIpc) is 2.74. The smallest absolute Gasteiger partial charge is 0.385 e. The number of carbonyl (C=O) groups is 3. The summed E-state index contributed by atoms with van der Waals surface area (Å²) in [6, 6.07) is 0. The van der Waals surface area contributed by atoms with Crippen molar-refractivity contribution in [2.75, 3.05) is 14.2 Å². The molecule has 0 saturated carbocycles. The van der Waals surface area contributed by atoms with E-state index in [0.717, 1.165) is 24.9 Å². The molecular weight excluding hydrogens is 292 g/mol. The predicted octanol–water partition coefficient (Wildman–Crippen LogP) is 1.15. The molecule has 2 atom stereocenters. The first-order chi connectivity index (χ1) is 10.3. The second-order valence-corrected chi connectivity index (χ2v) is 5.53. The number of hydrogen-bond donors (Lipinski definition) is 0. The Morgan fingerprint density at radius 3 is 2.45 bits per heavy atom. The fourth-order valence-electron chi connectivity index (χ4n) is 2.84. The number of methoxy groups -OCH3 is 1. The van der Waals surface area contributed by atoms with Gasteiger partial charge in [0.1, 0.15) is 5.92 Å². The minimum Gasteiger partial charge on any atom is -0.464 e. The van der Waals surface area contributed by atoms with Gasteiger partial charge >= 0.3 is 11.5 Å². The molecule has 1 heterocycles. The first-order valence-corrected chi connectivity index (χ1v) is 7.36. The number of amides is 2. The number of nitrogens with zero attached hydrogens (tertiary/aromatic N) is 2. The maximum Gasteiger partial charge on any atom is 0.385 e. The first kappa shape index (κ1) is 18.1. The Morgan fingerprint density at radius 1 is 1.41 bits per heavy atom. The van der Waals surface area contributed by atoms with E-state index in [4.69, 9.17) is 0 Å². The Morgan fingerprint density at radius 2 is 2.05 bits per heavy atom. The summed E-state index contributed by atoms with van der Waals surface area (Å²) in [7, 11) is 2.32. The fraction of sp³-hybridized carbons (Fsp3) is 0.786. The van der Waals surface area contributed by atoms with E-state index in [-0.39, 0.29) is 12.8 Å². The zero-order chi connectivity index (χ0) is 16.9. The third-order valence-electron chi connectivity index (χ3n) is 4.23. The Hall–Kier alpha value is -1.99. The van der Waals surface area contributed by atoms with Crippen LogP contribution in [0.5, 0.6) is 0 Å². The molecule has 0 aliphatic carbocycles. The Kier molecular flexibility index (Phi) is 6.01. The number of likely N-dealkylation sites (tertiary alicyclic amines) is 1. The van der Waals surface area contributed by atoms with Crippen molar-refractivity contribution in [3.05, 3.63) is 10.1 Å². The van der Waals surface area contributed by atoms with Crippen LogP contribution in [0.25, 0.3) is 0 Å². The molecule has 8 nitrogen and oxygen atoms in total. The number of hydrogen-bond acceptors (Lipinski definition) is 6. The number of ether oxygens (including phenoxy) is 1. The molecule has 1 aliphatic rings. The zero-order valence-corrected chi connectivity index (χ0v) is 13.2. The average molecular weight is 314 g/mol. The lowest BCUT2D eigenvalue weighted by Crippen LogP contribution is -2.55. The van der Waals surface area contributed by atoms with Crippen molar-refractivity contribution in [3.8, 4) is 0 Å². The molecule has 0 N–H and O–H groups in total. The van der Waals surface area contributed by atoms with Crippen LogP contribution >= 0.6 is 0 Å². The van der Waals surface area contributed by atoms with Crippen LogP contribution in [0.1, 0.15) is 45.4 Å². The lowest BCUT2D eigenvalue weighted by Gasteiger charge is -2.26. The molecule has 22 heavy (non-hydrogen) atoms. The SMILES string of the molecule is CCCCCC[C@@](C(=O)OC)([C@@H]1CC(=O)N(C)C1=O)[N+](=O)[O-]. The van der Waals surface area contributed by atoms with Crippen LogP contribution in [-0.4, -0.2) is 47.3 Å². The largest absolute Gasteiger partial charge is 0.464 e. The molecule has 1 aliphatic heterocycles. The summed E-state index contributed by atoms with van der Waals surface area (Å²) in [6.07, 6.45) is 2.52. The van der Waals surface area contributed by atoms with Crippen molar-refractivity contribution in [1.82, 2.24) is 4.90 Å². The third-order valence-corrected chi connectivity index (χ3v) is 4.23. The van der Waals surface area contributed by atoms with Crippen molar-refractivity contribution < 1.29 is 24.0 Å². The predicted molar refractivity (Wildman–Crippen MR) is 76.4 cm³/mol. The van der Waals surface area contributed by atoms with Crippen LogP contribution in [-0.2, 0) is 19.1 Å². The second-order valence-electron chi connectivity index (χ2n) is 5.53. The standard InChI is InChI=1S/C14H22N2O6/c1-4-5-6-7-8-14(16(20)21,13(19)22-3)10-9-11(17)15(2)12(10)18/h10H,4-9H2,1-3H3/t10-,14+/m1/s1. The monoisotopic (exact) mass is 314 g/mol. The fourth-order valence-corrected chi connectivity index (χ4v) is 2.84. The van der Waals surface area contributed by atoms with E-state index in [2.05, 4.69) is 4.74 Å². The summed E-state index contributed by atoms with van der Waals surface area (Å²) in [4.78, 5) is 47.7. The maximum atomic E-state index is 12.2. The van der Waals surface area contributed by atoms with E-state index in [1.54, 1.807) is 0 Å². The molecule has 1 rings (SSSR count). The zero-order valence-electron chi connectivity index (χ0n) is 13.2. The molecule has 0 spiro atoms. The number of carbonyl (C=O) groups excluding carboxylic acids is 3. The third kappa shape index (κ3) is 3.10. The highest BCUT2D eigenvalue weighted by atomic mass is 16.6. The maximum absolute atomic E-state index is 12.2. The van der Waals surface area contributed by atoms with Gasteiger partial charge < -0.3 is 4.74 Å². The van der Waals surface area contributed by atoms with E-state index < -0.39 is 34.2 Å². The van der Waals surface area contributed by atoms with Crippen LogP contribution in [0.2, 0.25) is 0 Å². The van der Waals surface area contributed by atoms with E-state index in [1.165, 1.54) is 7.05 Å². The molecule has 0 radical (unpaired) electrons. The van der Waals surface area contributed by atoms with Gasteiger partial charge in [0, 0.05) is 24.8 Å². The van der Waals surface area contributed by atoms with E-state index in [0.29, 0.717) is 12.8 Å². The highest BCUT2D eigenvalue weighted by Gasteiger charge is 2.64. The summed E-state index contributed by atoms with van der Waals surface area (Å²) < 4.78 is 4.60. The second kappa shape index (κ2) is 7.33. The molecule has 1 fully saturated rings. The van der Waals surface area contributed by atoms with Gasteiger partial charge in [0.15, 0.2) is 0 Å². The number of imide groups is 1. The molecule has 0 aromatic rings. The van der Waals surface area contributed by atoms with Gasteiger partial charge in [-0.1, -0.05) is 26.2 Å². The molecule has 8 heteroatoms. The Bertz CT molecular complexity index is 478. The van der Waals surface area contributed by atoms with Gasteiger partial charge in [-0.3, -0.25) is 24.6 Å². The van der Waals surface area contributed by atoms with Crippen LogP contribution in [0, 0.1) is 16.0 Å².